The fourth-order valence-corrected chi connectivity index (χ4v) is 4.00. The molecule has 0 spiro atoms. The highest BCUT2D eigenvalue weighted by Crippen LogP contribution is 2.38. The van der Waals surface area contributed by atoms with Crippen molar-refractivity contribution in [2.45, 2.75) is 45.3 Å². The Balaban J connectivity index is 1.32. The Kier molecular flexibility index (Phi) is 5.49. The number of amides is 1. The van der Waals surface area contributed by atoms with Gasteiger partial charge in [0.05, 0.1) is 17.9 Å². The summed E-state index contributed by atoms with van der Waals surface area (Å²) in [5.74, 6) is 2.03. The normalized spacial score (nSPS) is 23.1. The maximum atomic E-state index is 12.8. The summed E-state index contributed by atoms with van der Waals surface area (Å²) in [7, 11) is 1.84. The van der Waals surface area contributed by atoms with Crippen molar-refractivity contribution in [1.29, 1.82) is 0 Å². The summed E-state index contributed by atoms with van der Waals surface area (Å²) in [5, 5.41) is 2.87. The minimum absolute atomic E-state index is 0.00822. The quantitative estimate of drug-likeness (QED) is 0.773. The lowest BCUT2D eigenvalue weighted by Crippen LogP contribution is -2.45. The Hall–Kier alpha value is -2.91. The first kappa shape index (κ1) is 21.3. The minimum Gasteiger partial charge on any atom is -0.477 e. The molecule has 0 radical (unpaired) electrons. The van der Waals surface area contributed by atoms with Gasteiger partial charge in [-0.25, -0.2) is 15.0 Å². The number of alkyl halides is 3. The number of nitrogens with zero attached hydrogens (tertiary/aromatic N) is 4. The summed E-state index contributed by atoms with van der Waals surface area (Å²) in [6.07, 6.45) is -0.812. The number of likely N-dealkylation sites (N-methyl/N-ethyl adjacent to an activating group) is 1. The molecule has 0 saturated heterocycles. The molecule has 2 aromatic rings. The van der Waals surface area contributed by atoms with Crippen LogP contribution >= 0.6 is 0 Å². The molecule has 0 bridgehead atoms. The number of aromatic nitrogens is 3. The molecule has 10 heteroatoms. The predicted molar refractivity (Wildman–Crippen MR) is 108 cm³/mol. The summed E-state index contributed by atoms with van der Waals surface area (Å²) >= 11 is 0. The van der Waals surface area contributed by atoms with Crippen LogP contribution in [-0.2, 0) is 17.4 Å². The van der Waals surface area contributed by atoms with Gasteiger partial charge in [0.15, 0.2) is 5.82 Å². The first-order chi connectivity index (χ1) is 14.6. The molecule has 1 aliphatic heterocycles. The second-order valence-corrected chi connectivity index (χ2v) is 8.30. The van der Waals surface area contributed by atoms with E-state index in [0.29, 0.717) is 24.6 Å². The van der Waals surface area contributed by atoms with Crippen molar-refractivity contribution in [1.82, 2.24) is 15.0 Å². The van der Waals surface area contributed by atoms with E-state index in [0.717, 1.165) is 48.5 Å². The third-order valence-electron chi connectivity index (χ3n) is 5.99. The van der Waals surface area contributed by atoms with Crippen LogP contribution in [0.1, 0.15) is 36.8 Å². The van der Waals surface area contributed by atoms with E-state index in [9.17, 15) is 18.0 Å². The zero-order valence-corrected chi connectivity index (χ0v) is 17.5. The maximum Gasteiger partial charge on any atom is 0.416 e. The van der Waals surface area contributed by atoms with Crippen LogP contribution in [0.2, 0.25) is 0 Å². The highest BCUT2D eigenvalue weighted by atomic mass is 19.4. The Labute approximate surface area is 178 Å². The van der Waals surface area contributed by atoms with Gasteiger partial charge in [0.1, 0.15) is 17.6 Å². The molecule has 2 aliphatic rings. The van der Waals surface area contributed by atoms with Gasteiger partial charge in [0.2, 0.25) is 11.8 Å². The van der Waals surface area contributed by atoms with E-state index in [-0.39, 0.29) is 23.7 Å². The zero-order chi connectivity index (χ0) is 22.3. The number of rotatable bonds is 5. The Morgan fingerprint density at radius 2 is 2.00 bits per heavy atom. The summed E-state index contributed by atoms with van der Waals surface area (Å²) in [6, 6.07) is 1.55. The molecule has 7 nitrogen and oxygen atoms in total. The summed E-state index contributed by atoms with van der Waals surface area (Å²) in [4.78, 5) is 27.0. The number of anilines is 2. The molecule has 166 valence electrons. The number of halogens is 3. The molecule has 0 aromatic carbocycles. The molecule has 31 heavy (non-hydrogen) atoms. The number of ether oxygens (including phenoxy) is 1. The number of nitrogens with one attached hydrogen (secondary N) is 1. The van der Waals surface area contributed by atoms with Gasteiger partial charge in [-0.3, -0.25) is 4.79 Å². The van der Waals surface area contributed by atoms with Gasteiger partial charge in [-0.1, -0.05) is 0 Å². The lowest BCUT2D eigenvalue weighted by molar-refractivity contribution is -0.137. The molecule has 3 heterocycles. The van der Waals surface area contributed by atoms with E-state index in [1.165, 1.54) is 0 Å². The van der Waals surface area contributed by atoms with Crippen molar-refractivity contribution in [2.75, 3.05) is 23.9 Å². The van der Waals surface area contributed by atoms with E-state index >= 15 is 0 Å². The maximum absolute atomic E-state index is 12.8. The van der Waals surface area contributed by atoms with Gasteiger partial charge in [0, 0.05) is 25.7 Å². The molecule has 4 rings (SSSR count). The molecule has 2 aromatic heterocycles. The number of pyridine rings is 1. The average molecular weight is 435 g/mol. The zero-order valence-electron chi connectivity index (χ0n) is 17.5. The van der Waals surface area contributed by atoms with Crippen molar-refractivity contribution in [3.05, 3.63) is 35.4 Å². The number of carbonyl (C=O) groups is 1. The number of hydrogen-bond donors (Lipinski definition) is 1. The van der Waals surface area contributed by atoms with Crippen LogP contribution < -0.4 is 15.0 Å². The largest absolute Gasteiger partial charge is 0.477 e. The first-order valence-electron chi connectivity index (χ1n) is 10.2. The highest BCUT2D eigenvalue weighted by molar-refractivity contribution is 6.02. The van der Waals surface area contributed by atoms with E-state index in [1.807, 2.05) is 25.8 Å². The number of fused-ring (bicyclic) bond motifs is 1. The van der Waals surface area contributed by atoms with Crippen LogP contribution in [0, 0.1) is 18.8 Å². The van der Waals surface area contributed by atoms with Crippen molar-refractivity contribution in [3.8, 4) is 5.88 Å². The Bertz CT molecular complexity index is 991. The standard InChI is InChI=1S/C21H24F3N5O2/c1-11-18-19(29(3)12(2)20(30)28-18)27-16(26-11)8-13-6-14(7-13)10-31-17-9-15(4-5-25-17)21(22,23)24/h4-5,9,12-14H,6-8,10H2,1-3H3,(H,28,30)/t12-,13?,14?/m0/s1. The van der Waals surface area contributed by atoms with E-state index in [2.05, 4.69) is 20.3 Å². The summed E-state index contributed by atoms with van der Waals surface area (Å²) < 4.78 is 43.8. The Morgan fingerprint density at radius 3 is 2.71 bits per heavy atom. The lowest BCUT2D eigenvalue weighted by atomic mass is 9.73. The number of hydrogen-bond acceptors (Lipinski definition) is 6. The van der Waals surface area contributed by atoms with Crippen molar-refractivity contribution < 1.29 is 22.7 Å². The SMILES string of the molecule is Cc1nc(CC2CC(COc3cc(C(F)(F)F)ccn3)C2)nc2c1NC(=O)[C@H](C)N2C. The molecule has 1 amide bonds. The van der Waals surface area contributed by atoms with Crippen LogP contribution in [0.15, 0.2) is 18.3 Å². The van der Waals surface area contributed by atoms with Gasteiger partial charge in [0.25, 0.3) is 0 Å². The van der Waals surface area contributed by atoms with Crippen molar-refractivity contribution in [3.63, 3.8) is 0 Å². The topological polar surface area (TPSA) is 80.2 Å². The third kappa shape index (κ3) is 4.42. The smallest absolute Gasteiger partial charge is 0.416 e. The molecular weight excluding hydrogens is 411 g/mol. The van der Waals surface area contributed by atoms with Crippen LogP contribution in [0.5, 0.6) is 5.88 Å². The van der Waals surface area contributed by atoms with Gasteiger partial charge >= 0.3 is 6.18 Å². The highest BCUT2D eigenvalue weighted by Gasteiger charge is 2.34. The minimum atomic E-state index is -4.41. The van der Waals surface area contributed by atoms with Crippen molar-refractivity contribution in [2.24, 2.45) is 11.8 Å². The lowest BCUT2D eigenvalue weighted by Gasteiger charge is -2.36. The summed E-state index contributed by atoms with van der Waals surface area (Å²) in [5.41, 5.74) is 0.629. The average Bonchev–Trinajstić information content (AvgIpc) is 2.68. The van der Waals surface area contributed by atoms with Gasteiger partial charge < -0.3 is 15.0 Å². The number of carbonyl (C=O) groups excluding carboxylic acids is 1. The van der Waals surface area contributed by atoms with Crippen LogP contribution in [0.3, 0.4) is 0 Å². The van der Waals surface area contributed by atoms with Crippen LogP contribution in [0.25, 0.3) is 0 Å². The first-order valence-corrected chi connectivity index (χ1v) is 10.2. The Morgan fingerprint density at radius 1 is 1.26 bits per heavy atom. The van der Waals surface area contributed by atoms with Crippen molar-refractivity contribution >= 4 is 17.4 Å². The fourth-order valence-electron chi connectivity index (χ4n) is 4.00. The van der Waals surface area contributed by atoms with E-state index in [4.69, 9.17) is 4.74 Å². The van der Waals surface area contributed by atoms with E-state index in [1.54, 1.807) is 0 Å². The van der Waals surface area contributed by atoms with Gasteiger partial charge in [-0.2, -0.15) is 13.2 Å². The molecule has 1 N–H and O–H groups in total. The number of aryl methyl sites for hydroxylation is 1. The molecule has 1 atom stereocenters. The molecular formula is C21H24F3N5O2. The molecule has 1 saturated carbocycles. The van der Waals surface area contributed by atoms with Crippen LogP contribution in [-0.4, -0.2) is 40.6 Å². The van der Waals surface area contributed by atoms with Crippen LogP contribution in [0.4, 0.5) is 24.7 Å². The fraction of sp³-hybridized carbons (Fsp3) is 0.524. The van der Waals surface area contributed by atoms with Gasteiger partial charge in [-0.15, -0.1) is 0 Å². The second-order valence-electron chi connectivity index (χ2n) is 8.30. The van der Waals surface area contributed by atoms with E-state index < -0.39 is 11.7 Å². The molecule has 1 fully saturated rings. The second kappa shape index (κ2) is 7.97. The predicted octanol–water partition coefficient (Wildman–Crippen LogP) is 3.62. The van der Waals surface area contributed by atoms with Gasteiger partial charge in [-0.05, 0) is 44.6 Å². The molecule has 1 aliphatic carbocycles. The molecule has 0 unspecified atom stereocenters. The summed E-state index contributed by atoms with van der Waals surface area (Å²) in [6.45, 7) is 4.01. The monoisotopic (exact) mass is 435 g/mol. The third-order valence-corrected chi connectivity index (χ3v) is 5.99.